The van der Waals surface area contributed by atoms with Gasteiger partial charge in [-0.15, -0.1) is 0 Å². The number of aromatic hydroxyl groups is 1. The molecule has 0 aromatic heterocycles. The van der Waals surface area contributed by atoms with Crippen LogP contribution in [0.1, 0.15) is 47.1 Å². The van der Waals surface area contributed by atoms with Crippen molar-refractivity contribution in [2.24, 2.45) is 0 Å². The number of aliphatic hydroxyl groups is 1. The van der Waals surface area contributed by atoms with E-state index in [1.807, 2.05) is 30.3 Å². The Balaban J connectivity index is 1.24. The summed E-state index contributed by atoms with van der Waals surface area (Å²) in [5.74, 6) is -0.752. The van der Waals surface area contributed by atoms with Crippen molar-refractivity contribution < 1.29 is 37.8 Å². The van der Waals surface area contributed by atoms with E-state index in [-0.39, 0.29) is 35.6 Å². The number of nitro benzene ring substituents is 1. The van der Waals surface area contributed by atoms with Gasteiger partial charge in [-0.05, 0) is 68.0 Å². The van der Waals surface area contributed by atoms with Crippen molar-refractivity contribution in [2.45, 2.75) is 67.5 Å². The number of nitro groups is 1. The van der Waals surface area contributed by atoms with Gasteiger partial charge in [0.05, 0.1) is 33.6 Å². The van der Waals surface area contributed by atoms with Gasteiger partial charge in [-0.2, -0.15) is 13.2 Å². The summed E-state index contributed by atoms with van der Waals surface area (Å²) in [6, 6.07) is 14.7. The second-order valence-corrected chi connectivity index (χ2v) is 13.0. The number of phenolic OH excluding ortho intramolecular Hbond substituents is 1. The minimum absolute atomic E-state index is 0.109. The molecule has 7 rings (SSSR count). The molecule has 3 aromatic carbocycles. The zero-order chi connectivity index (χ0) is 33.3. The SMILES string of the molecule is CN(C(=O)C=Cc1cccc(C(F)(F)F)c1)[C@H]1CC[C@@]2(O)[C@H]3Cc4c([N+](=O)[O-])cc(O)c5c4[C@@]2(CCN3CCc2ccccc2)[C@H]1O5. The predicted molar refractivity (Wildman–Crippen MR) is 166 cm³/mol. The van der Waals surface area contributed by atoms with Crippen LogP contribution in [0.15, 0.2) is 66.7 Å². The lowest BCUT2D eigenvalue weighted by atomic mass is 9.48. The van der Waals surface area contributed by atoms with Crippen molar-refractivity contribution in [3.05, 3.63) is 105 Å². The van der Waals surface area contributed by atoms with Crippen LogP contribution in [-0.4, -0.2) is 74.8 Å². The number of amides is 1. The molecule has 0 unspecified atom stereocenters. The van der Waals surface area contributed by atoms with Gasteiger partial charge in [0, 0.05) is 36.8 Å². The molecule has 1 saturated carbocycles. The van der Waals surface area contributed by atoms with Gasteiger partial charge >= 0.3 is 6.18 Å². The molecule has 1 spiro atoms. The van der Waals surface area contributed by atoms with Crippen molar-refractivity contribution in [2.75, 3.05) is 20.1 Å². The molecule has 0 radical (unpaired) electrons. The lowest BCUT2D eigenvalue weighted by Crippen LogP contribution is -2.78. The fraction of sp³-hybridized carbons (Fsp3) is 0.400. The molecule has 3 aromatic rings. The first-order valence-electron chi connectivity index (χ1n) is 15.7. The van der Waals surface area contributed by atoms with Crippen LogP contribution in [0.25, 0.3) is 6.08 Å². The molecule has 9 nitrogen and oxygen atoms in total. The molecule has 47 heavy (non-hydrogen) atoms. The highest BCUT2D eigenvalue weighted by Crippen LogP contribution is 2.67. The summed E-state index contributed by atoms with van der Waals surface area (Å²) in [6.07, 6.45) is -0.859. The molecule has 2 aliphatic carbocycles. The van der Waals surface area contributed by atoms with Crippen LogP contribution in [0.3, 0.4) is 0 Å². The Morgan fingerprint density at radius 1 is 1.17 bits per heavy atom. The molecule has 246 valence electrons. The second-order valence-electron chi connectivity index (χ2n) is 13.0. The van der Waals surface area contributed by atoms with Gasteiger partial charge in [0.2, 0.25) is 5.91 Å². The summed E-state index contributed by atoms with van der Waals surface area (Å²) in [4.78, 5) is 28.9. The first kappa shape index (κ1) is 31.2. The molecular weight excluding hydrogens is 615 g/mol. The van der Waals surface area contributed by atoms with Crippen LogP contribution < -0.4 is 4.74 Å². The fourth-order valence-corrected chi connectivity index (χ4v) is 8.68. The first-order chi connectivity index (χ1) is 22.3. The second kappa shape index (κ2) is 11.1. The quantitative estimate of drug-likeness (QED) is 0.204. The number of hydrogen-bond acceptors (Lipinski definition) is 7. The van der Waals surface area contributed by atoms with E-state index in [1.54, 1.807) is 7.05 Å². The molecule has 12 heteroatoms. The molecule has 2 N–H and O–H groups in total. The summed E-state index contributed by atoms with van der Waals surface area (Å²) >= 11 is 0. The van der Waals surface area contributed by atoms with E-state index in [9.17, 15) is 38.3 Å². The van der Waals surface area contributed by atoms with Crippen LogP contribution in [0.5, 0.6) is 11.5 Å². The highest BCUT2D eigenvalue weighted by Gasteiger charge is 2.74. The molecular formula is C35H34F3N3O6. The summed E-state index contributed by atoms with van der Waals surface area (Å²) in [7, 11) is 1.58. The van der Waals surface area contributed by atoms with E-state index in [4.69, 9.17) is 4.74 Å². The molecule has 2 aliphatic heterocycles. The number of likely N-dealkylation sites (tertiary alicyclic amines) is 1. The molecule has 2 bridgehead atoms. The third-order valence-electron chi connectivity index (χ3n) is 10.9. The van der Waals surface area contributed by atoms with Crippen LogP contribution >= 0.6 is 0 Å². The fourth-order valence-electron chi connectivity index (χ4n) is 8.68. The standard InChI is InChI=1S/C35H34F3N3O6/c1-39(29(43)11-10-22-8-5-9-23(18-22)35(36,37)38)25-12-14-34(44)28-19-24-26(41(45)46)20-27(42)31-30(24)33(34,32(25)47-31)15-17-40(28)16-13-21-6-3-2-4-7-21/h2-11,18,20,25,28,32,42,44H,12-17,19H2,1H3/t25-,28+,32-,33-,34+/m0/s1. The maximum Gasteiger partial charge on any atom is 0.416 e. The Morgan fingerprint density at radius 3 is 2.66 bits per heavy atom. The Bertz CT molecular complexity index is 1780. The van der Waals surface area contributed by atoms with Gasteiger partial charge < -0.3 is 19.8 Å². The van der Waals surface area contributed by atoms with Crippen molar-refractivity contribution in [3.8, 4) is 11.5 Å². The number of piperidine rings is 1. The van der Waals surface area contributed by atoms with E-state index in [0.29, 0.717) is 37.1 Å². The Morgan fingerprint density at radius 2 is 1.94 bits per heavy atom. The van der Waals surface area contributed by atoms with Gasteiger partial charge in [-0.3, -0.25) is 19.8 Å². The van der Waals surface area contributed by atoms with Crippen molar-refractivity contribution in [3.63, 3.8) is 0 Å². The summed E-state index contributed by atoms with van der Waals surface area (Å²) < 4.78 is 46.2. The van der Waals surface area contributed by atoms with E-state index in [0.717, 1.165) is 30.2 Å². The average Bonchev–Trinajstić information content (AvgIpc) is 3.39. The number of hydrogen-bond donors (Lipinski definition) is 2. The Hall–Kier alpha value is -4.42. The number of halogens is 3. The van der Waals surface area contributed by atoms with Gasteiger partial charge in [0.15, 0.2) is 11.5 Å². The average molecular weight is 650 g/mol. The lowest BCUT2D eigenvalue weighted by Gasteiger charge is -2.64. The number of alkyl halides is 3. The minimum Gasteiger partial charge on any atom is -0.504 e. The van der Waals surface area contributed by atoms with E-state index < -0.39 is 51.8 Å². The summed E-state index contributed by atoms with van der Waals surface area (Å²) in [6.45, 7) is 1.21. The zero-order valence-electron chi connectivity index (χ0n) is 25.6. The van der Waals surface area contributed by atoms with Gasteiger partial charge in [-0.1, -0.05) is 42.5 Å². The number of phenols is 1. The highest BCUT2D eigenvalue weighted by molar-refractivity contribution is 5.92. The van der Waals surface area contributed by atoms with Gasteiger partial charge in [0.25, 0.3) is 5.69 Å². The molecule has 2 fully saturated rings. The van der Waals surface area contributed by atoms with Crippen LogP contribution in [0.2, 0.25) is 0 Å². The summed E-state index contributed by atoms with van der Waals surface area (Å²) in [5, 5.41) is 36.1. The number of rotatable bonds is 7. The van der Waals surface area contributed by atoms with E-state index in [1.165, 1.54) is 29.2 Å². The third-order valence-corrected chi connectivity index (χ3v) is 10.9. The number of nitrogens with zero attached hydrogens (tertiary/aromatic N) is 3. The minimum atomic E-state index is -4.52. The lowest BCUT2D eigenvalue weighted by molar-refractivity contribution is -0.386. The first-order valence-corrected chi connectivity index (χ1v) is 15.7. The van der Waals surface area contributed by atoms with E-state index >= 15 is 0 Å². The van der Waals surface area contributed by atoms with Crippen LogP contribution in [0, 0.1) is 10.1 Å². The van der Waals surface area contributed by atoms with Crippen molar-refractivity contribution >= 4 is 17.7 Å². The normalized spacial score (nSPS) is 27.7. The monoisotopic (exact) mass is 649 g/mol. The van der Waals surface area contributed by atoms with E-state index in [2.05, 4.69) is 4.90 Å². The van der Waals surface area contributed by atoms with Crippen molar-refractivity contribution in [1.29, 1.82) is 0 Å². The highest BCUT2D eigenvalue weighted by atomic mass is 19.4. The smallest absolute Gasteiger partial charge is 0.416 e. The predicted octanol–water partition coefficient (Wildman–Crippen LogP) is 5.26. The number of benzene rings is 3. The topological polar surface area (TPSA) is 116 Å². The number of ether oxygens (including phenoxy) is 1. The van der Waals surface area contributed by atoms with Crippen LogP contribution in [0.4, 0.5) is 18.9 Å². The third kappa shape index (κ3) is 4.79. The number of carbonyl (C=O) groups excluding carboxylic acids is 1. The summed E-state index contributed by atoms with van der Waals surface area (Å²) in [5.41, 5.74) is -1.30. The van der Waals surface area contributed by atoms with Gasteiger partial charge in [0.1, 0.15) is 6.10 Å². The van der Waals surface area contributed by atoms with Crippen LogP contribution in [-0.2, 0) is 29.2 Å². The Kier molecular flexibility index (Phi) is 7.36. The molecule has 5 atom stereocenters. The maximum atomic E-state index is 13.5. The zero-order valence-corrected chi connectivity index (χ0v) is 25.6. The number of likely N-dealkylation sites (N-methyl/N-ethyl adjacent to an activating group) is 1. The van der Waals surface area contributed by atoms with Crippen molar-refractivity contribution in [1.82, 2.24) is 9.80 Å². The molecule has 1 saturated heterocycles. The van der Waals surface area contributed by atoms with Gasteiger partial charge in [-0.25, -0.2) is 0 Å². The number of carbonyl (C=O) groups is 1. The maximum absolute atomic E-state index is 13.5. The Labute approximate surface area is 269 Å². The molecule has 1 amide bonds. The largest absolute Gasteiger partial charge is 0.504 e. The molecule has 4 aliphatic rings. The molecule has 2 heterocycles.